The highest BCUT2D eigenvalue weighted by molar-refractivity contribution is 5.51. The number of nitrogens with zero attached hydrogens (tertiary/aromatic N) is 3. The zero-order chi connectivity index (χ0) is 23.2. The van der Waals surface area contributed by atoms with Crippen LogP contribution in [0.15, 0.2) is 48.7 Å². The molecule has 0 aromatic heterocycles. The van der Waals surface area contributed by atoms with E-state index >= 15 is 0 Å². The Morgan fingerprint density at radius 3 is 2.91 bits per heavy atom. The fourth-order valence-corrected chi connectivity index (χ4v) is 4.91. The van der Waals surface area contributed by atoms with Gasteiger partial charge in [0.25, 0.3) is 0 Å². The number of ether oxygens (including phenoxy) is 1. The lowest BCUT2D eigenvalue weighted by molar-refractivity contribution is 0.250. The Labute approximate surface area is 196 Å². The van der Waals surface area contributed by atoms with Gasteiger partial charge in [0, 0.05) is 50.9 Å². The van der Waals surface area contributed by atoms with Gasteiger partial charge in [-0.15, -0.1) is 0 Å². The average Bonchev–Trinajstić information content (AvgIpc) is 2.86. The molecule has 1 unspecified atom stereocenters. The monoisotopic (exact) mass is 448 g/mol. The Morgan fingerprint density at radius 1 is 1.24 bits per heavy atom. The Kier molecular flexibility index (Phi) is 7.51. The molecule has 33 heavy (non-hydrogen) atoms. The van der Waals surface area contributed by atoms with Crippen LogP contribution in [-0.4, -0.2) is 44.7 Å². The summed E-state index contributed by atoms with van der Waals surface area (Å²) in [5.41, 5.74) is 4.78. The molecule has 0 radical (unpaired) electrons. The smallest absolute Gasteiger partial charge is 0.147 e. The number of nitrogens with one attached hydrogen (secondary N) is 1. The van der Waals surface area contributed by atoms with Crippen molar-refractivity contribution in [3.63, 3.8) is 0 Å². The Bertz CT molecular complexity index is 1030. The van der Waals surface area contributed by atoms with Crippen molar-refractivity contribution in [1.29, 1.82) is 5.26 Å². The van der Waals surface area contributed by atoms with Crippen molar-refractivity contribution in [3.8, 4) is 11.8 Å². The molecule has 1 atom stereocenters. The van der Waals surface area contributed by atoms with Crippen LogP contribution in [0.5, 0.6) is 5.75 Å². The summed E-state index contributed by atoms with van der Waals surface area (Å²) in [5.74, 6) is 0.911. The maximum atomic E-state index is 14.5. The number of hydrogen-bond donors (Lipinski definition) is 1. The number of nitriles is 1. The molecule has 1 saturated heterocycles. The third-order valence-corrected chi connectivity index (χ3v) is 6.84. The van der Waals surface area contributed by atoms with Crippen molar-refractivity contribution in [3.05, 3.63) is 71.2 Å². The predicted octanol–water partition coefficient (Wildman–Crippen LogP) is 4.47. The van der Waals surface area contributed by atoms with E-state index in [9.17, 15) is 4.39 Å². The van der Waals surface area contributed by atoms with Crippen LogP contribution in [0.2, 0.25) is 0 Å². The third kappa shape index (κ3) is 5.66. The van der Waals surface area contributed by atoms with E-state index in [1.807, 2.05) is 12.1 Å². The molecule has 2 aliphatic rings. The SMILES string of the molecule is C=C(NCCCN1CCc2cc(OC)ccc2C1)C1CCCN(c2ccc(C#N)cc2F)C1. The second-order valence-electron chi connectivity index (χ2n) is 9.03. The first-order valence-corrected chi connectivity index (χ1v) is 11.8. The number of methoxy groups -OCH3 is 1. The highest BCUT2D eigenvalue weighted by Crippen LogP contribution is 2.28. The van der Waals surface area contributed by atoms with Crippen molar-refractivity contribution < 1.29 is 9.13 Å². The van der Waals surface area contributed by atoms with Gasteiger partial charge in [0.2, 0.25) is 0 Å². The summed E-state index contributed by atoms with van der Waals surface area (Å²) in [6.07, 6.45) is 4.19. The summed E-state index contributed by atoms with van der Waals surface area (Å²) in [5, 5.41) is 12.5. The van der Waals surface area contributed by atoms with Crippen LogP contribution in [0.25, 0.3) is 0 Å². The number of piperidine rings is 1. The van der Waals surface area contributed by atoms with Crippen molar-refractivity contribution in [2.24, 2.45) is 5.92 Å². The molecule has 174 valence electrons. The molecule has 5 nitrogen and oxygen atoms in total. The average molecular weight is 449 g/mol. The van der Waals surface area contributed by atoms with Gasteiger partial charge in [0.1, 0.15) is 11.6 Å². The second kappa shape index (κ2) is 10.7. The molecule has 4 rings (SSSR count). The zero-order valence-electron chi connectivity index (χ0n) is 19.4. The molecular weight excluding hydrogens is 415 g/mol. The van der Waals surface area contributed by atoms with Gasteiger partial charge in [-0.3, -0.25) is 4.90 Å². The first-order valence-electron chi connectivity index (χ1n) is 11.8. The summed E-state index contributed by atoms with van der Waals surface area (Å²) >= 11 is 0. The van der Waals surface area contributed by atoms with Crippen molar-refractivity contribution in [2.45, 2.75) is 32.2 Å². The number of hydrogen-bond acceptors (Lipinski definition) is 5. The van der Waals surface area contributed by atoms with E-state index in [0.717, 1.165) is 76.4 Å². The molecular formula is C27H33FN4O. The van der Waals surface area contributed by atoms with Crippen molar-refractivity contribution in [1.82, 2.24) is 10.2 Å². The summed E-state index contributed by atoms with van der Waals surface area (Å²) in [6.45, 7) is 9.89. The Morgan fingerprint density at radius 2 is 2.12 bits per heavy atom. The third-order valence-electron chi connectivity index (χ3n) is 6.84. The minimum atomic E-state index is -0.324. The van der Waals surface area contributed by atoms with E-state index in [0.29, 0.717) is 17.2 Å². The maximum absolute atomic E-state index is 14.5. The summed E-state index contributed by atoms with van der Waals surface area (Å²) in [7, 11) is 1.72. The van der Waals surface area contributed by atoms with E-state index in [4.69, 9.17) is 10.00 Å². The first kappa shape index (κ1) is 23.1. The zero-order valence-corrected chi connectivity index (χ0v) is 19.4. The Balaban J connectivity index is 1.22. The predicted molar refractivity (Wildman–Crippen MR) is 130 cm³/mol. The molecule has 2 aliphatic heterocycles. The van der Waals surface area contributed by atoms with E-state index in [2.05, 4.69) is 33.8 Å². The van der Waals surface area contributed by atoms with Gasteiger partial charge in [-0.05, 0) is 67.1 Å². The quantitative estimate of drug-likeness (QED) is 0.604. The normalized spacial score (nSPS) is 18.3. The second-order valence-corrected chi connectivity index (χ2v) is 9.03. The van der Waals surface area contributed by atoms with Gasteiger partial charge in [0.05, 0.1) is 24.4 Å². The molecule has 0 aliphatic carbocycles. The number of fused-ring (bicyclic) bond motifs is 1. The lowest BCUT2D eigenvalue weighted by atomic mass is 9.94. The molecule has 0 spiro atoms. The van der Waals surface area contributed by atoms with Crippen LogP contribution < -0.4 is 15.0 Å². The molecule has 0 saturated carbocycles. The number of benzene rings is 2. The van der Waals surface area contributed by atoms with Crippen LogP contribution >= 0.6 is 0 Å². The molecule has 1 N–H and O–H groups in total. The molecule has 0 bridgehead atoms. The van der Waals surface area contributed by atoms with E-state index in [1.165, 1.54) is 17.2 Å². The van der Waals surface area contributed by atoms with Gasteiger partial charge in [-0.2, -0.15) is 5.26 Å². The number of halogens is 1. The standard InChI is InChI=1S/C27H33FN4O/c1-20(23-5-3-13-32(19-23)27-9-6-21(17-29)15-26(27)28)30-11-4-12-31-14-10-22-16-25(33-2)8-7-24(22)18-31/h6-9,15-16,23,30H,1,3-5,10-14,18-19H2,2H3. The molecule has 1 fully saturated rings. The van der Waals surface area contributed by atoms with Gasteiger partial charge in [0.15, 0.2) is 0 Å². The maximum Gasteiger partial charge on any atom is 0.147 e. The fourth-order valence-electron chi connectivity index (χ4n) is 4.91. The highest BCUT2D eigenvalue weighted by atomic mass is 19.1. The van der Waals surface area contributed by atoms with E-state index in [1.54, 1.807) is 19.2 Å². The highest BCUT2D eigenvalue weighted by Gasteiger charge is 2.24. The molecule has 0 amide bonds. The number of anilines is 1. The lowest BCUT2D eigenvalue weighted by Gasteiger charge is -2.36. The van der Waals surface area contributed by atoms with Crippen LogP contribution in [0, 0.1) is 23.1 Å². The fraction of sp³-hybridized carbons (Fsp3) is 0.444. The topological polar surface area (TPSA) is 51.5 Å². The van der Waals surface area contributed by atoms with Crippen LogP contribution in [-0.2, 0) is 13.0 Å². The minimum absolute atomic E-state index is 0.297. The Hall–Kier alpha value is -3.04. The molecule has 6 heteroatoms. The summed E-state index contributed by atoms with van der Waals surface area (Å²) < 4.78 is 19.8. The summed E-state index contributed by atoms with van der Waals surface area (Å²) in [4.78, 5) is 4.59. The molecule has 2 heterocycles. The lowest BCUT2D eigenvalue weighted by Crippen LogP contribution is -2.39. The molecule has 2 aromatic rings. The van der Waals surface area contributed by atoms with Gasteiger partial charge >= 0.3 is 0 Å². The molecule has 2 aromatic carbocycles. The van der Waals surface area contributed by atoms with Crippen molar-refractivity contribution >= 4 is 5.69 Å². The van der Waals surface area contributed by atoms with Crippen LogP contribution in [0.4, 0.5) is 10.1 Å². The van der Waals surface area contributed by atoms with Gasteiger partial charge in [-0.1, -0.05) is 12.6 Å². The van der Waals surface area contributed by atoms with Gasteiger partial charge in [-0.25, -0.2) is 4.39 Å². The van der Waals surface area contributed by atoms with E-state index < -0.39 is 0 Å². The minimum Gasteiger partial charge on any atom is -0.497 e. The number of rotatable bonds is 8. The van der Waals surface area contributed by atoms with Crippen LogP contribution in [0.1, 0.15) is 36.0 Å². The summed E-state index contributed by atoms with van der Waals surface area (Å²) in [6, 6.07) is 13.1. The van der Waals surface area contributed by atoms with Crippen LogP contribution in [0.3, 0.4) is 0 Å². The first-order chi connectivity index (χ1) is 16.1. The largest absolute Gasteiger partial charge is 0.497 e. The van der Waals surface area contributed by atoms with Gasteiger partial charge < -0.3 is 15.0 Å². The van der Waals surface area contributed by atoms with Crippen molar-refractivity contribution in [2.75, 3.05) is 44.7 Å². The van der Waals surface area contributed by atoms with E-state index in [-0.39, 0.29) is 5.82 Å².